The first-order valence-electron chi connectivity index (χ1n) is 5.93. The number of rotatable bonds is 5. The van der Waals surface area contributed by atoms with E-state index in [1.807, 2.05) is 0 Å². The molecular formula is C12H21NO. The fourth-order valence-corrected chi connectivity index (χ4v) is 1.86. The zero-order chi connectivity index (χ0) is 9.64. The summed E-state index contributed by atoms with van der Waals surface area (Å²) in [4.78, 5) is 0. The summed E-state index contributed by atoms with van der Waals surface area (Å²) in [6.45, 7) is 3.05. The summed E-state index contributed by atoms with van der Waals surface area (Å²) < 4.78 is 5.42. The van der Waals surface area contributed by atoms with Crippen molar-refractivity contribution in [2.45, 2.75) is 38.1 Å². The van der Waals surface area contributed by atoms with Gasteiger partial charge in [0.2, 0.25) is 0 Å². The van der Waals surface area contributed by atoms with E-state index >= 15 is 0 Å². The van der Waals surface area contributed by atoms with Gasteiger partial charge < -0.3 is 10.1 Å². The maximum Gasteiger partial charge on any atom is 0.0528 e. The number of ether oxygens (including phenoxy) is 1. The van der Waals surface area contributed by atoms with Crippen LogP contribution in [0.3, 0.4) is 0 Å². The van der Waals surface area contributed by atoms with E-state index in [4.69, 9.17) is 4.74 Å². The second-order valence-corrected chi connectivity index (χ2v) is 4.42. The van der Waals surface area contributed by atoms with E-state index < -0.39 is 0 Å². The van der Waals surface area contributed by atoms with E-state index in [9.17, 15) is 0 Å². The average Bonchev–Trinajstić information content (AvgIpc) is 3.03. The highest BCUT2D eigenvalue weighted by molar-refractivity contribution is 4.90. The summed E-state index contributed by atoms with van der Waals surface area (Å²) in [6, 6.07) is 0.849. The lowest BCUT2D eigenvalue weighted by atomic mass is 10.0. The van der Waals surface area contributed by atoms with Crippen LogP contribution in [-0.4, -0.2) is 25.8 Å². The van der Waals surface area contributed by atoms with Crippen LogP contribution in [0.2, 0.25) is 0 Å². The SMILES string of the molecule is C(=C\C1CCCOC1)/CCNC1CC1. The summed E-state index contributed by atoms with van der Waals surface area (Å²) >= 11 is 0. The van der Waals surface area contributed by atoms with Crippen molar-refractivity contribution in [3.8, 4) is 0 Å². The molecule has 1 heterocycles. The summed E-state index contributed by atoms with van der Waals surface area (Å²) in [5.41, 5.74) is 0. The molecule has 14 heavy (non-hydrogen) atoms. The normalized spacial score (nSPS) is 28.4. The van der Waals surface area contributed by atoms with Crippen molar-refractivity contribution >= 4 is 0 Å². The van der Waals surface area contributed by atoms with Crippen LogP contribution < -0.4 is 5.32 Å². The Kier molecular flexibility index (Phi) is 4.02. The molecule has 1 unspecified atom stereocenters. The lowest BCUT2D eigenvalue weighted by Gasteiger charge is -2.18. The molecule has 2 nitrogen and oxygen atoms in total. The number of hydrogen-bond acceptors (Lipinski definition) is 2. The molecule has 0 amide bonds. The largest absolute Gasteiger partial charge is 0.381 e. The summed E-state index contributed by atoms with van der Waals surface area (Å²) in [7, 11) is 0. The molecule has 0 spiro atoms. The van der Waals surface area contributed by atoms with Crippen LogP contribution in [0.5, 0.6) is 0 Å². The van der Waals surface area contributed by atoms with E-state index in [1.54, 1.807) is 0 Å². The van der Waals surface area contributed by atoms with Gasteiger partial charge in [0, 0.05) is 18.6 Å². The molecule has 0 bridgehead atoms. The number of hydrogen-bond donors (Lipinski definition) is 1. The first-order valence-corrected chi connectivity index (χ1v) is 5.93. The molecule has 1 aliphatic carbocycles. The van der Waals surface area contributed by atoms with Crippen LogP contribution in [0, 0.1) is 5.92 Å². The van der Waals surface area contributed by atoms with Gasteiger partial charge >= 0.3 is 0 Å². The molecule has 2 heteroatoms. The van der Waals surface area contributed by atoms with E-state index in [0.29, 0.717) is 5.92 Å². The van der Waals surface area contributed by atoms with Crippen molar-refractivity contribution in [3.63, 3.8) is 0 Å². The van der Waals surface area contributed by atoms with E-state index in [1.165, 1.54) is 32.1 Å². The van der Waals surface area contributed by atoms with Gasteiger partial charge in [-0.15, -0.1) is 0 Å². The molecule has 0 radical (unpaired) electrons. The molecule has 0 aromatic heterocycles. The predicted octanol–water partition coefficient (Wildman–Crippen LogP) is 2.11. The van der Waals surface area contributed by atoms with Crippen molar-refractivity contribution in [2.24, 2.45) is 5.92 Å². The molecular weight excluding hydrogens is 174 g/mol. The molecule has 0 aromatic rings. The first-order chi connectivity index (χ1) is 6.95. The molecule has 2 rings (SSSR count). The zero-order valence-electron chi connectivity index (χ0n) is 8.87. The Bertz CT molecular complexity index is 181. The molecule has 1 N–H and O–H groups in total. The van der Waals surface area contributed by atoms with Gasteiger partial charge in [0.05, 0.1) is 6.61 Å². The van der Waals surface area contributed by atoms with Gasteiger partial charge in [-0.05, 0) is 38.6 Å². The van der Waals surface area contributed by atoms with Crippen molar-refractivity contribution in [1.82, 2.24) is 5.32 Å². The minimum Gasteiger partial charge on any atom is -0.381 e. The maximum absolute atomic E-state index is 5.42. The lowest BCUT2D eigenvalue weighted by molar-refractivity contribution is 0.0709. The van der Waals surface area contributed by atoms with Crippen LogP contribution in [0.25, 0.3) is 0 Å². The van der Waals surface area contributed by atoms with Crippen molar-refractivity contribution in [1.29, 1.82) is 0 Å². The lowest BCUT2D eigenvalue weighted by Crippen LogP contribution is -2.17. The average molecular weight is 195 g/mol. The Morgan fingerprint density at radius 1 is 1.29 bits per heavy atom. The highest BCUT2D eigenvalue weighted by Crippen LogP contribution is 2.18. The Morgan fingerprint density at radius 3 is 2.93 bits per heavy atom. The number of nitrogens with one attached hydrogen (secondary N) is 1. The van der Waals surface area contributed by atoms with Crippen LogP contribution in [0.1, 0.15) is 32.1 Å². The van der Waals surface area contributed by atoms with E-state index in [-0.39, 0.29) is 0 Å². The van der Waals surface area contributed by atoms with Gasteiger partial charge in [0.1, 0.15) is 0 Å². The Labute approximate surface area is 86.7 Å². The van der Waals surface area contributed by atoms with Crippen molar-refractivity contribution < 1.29 is 4.74 Å². The van der Waals surface area contributed by atoms with E-state index in [0.717, 1.165) is 25.8 Å². The second-order valence-electron chi connectivity index (χ2n) is 4.42. The van der Waals surface area contributed by atoms with Gasteiger partial charge in [-0.25, -0.2) is 0 Å². The monoisotopic (exact) mass is 195 g/mol. The van der Waals surface area contributed by atoms with Gasteiger partial charge in [-0.3, -0.25) is 0 Å². The van der Waals surface area contributed by atoms with Gasteiger partial charge in [-0.1, -0.05) is 12.2 Å². The molecule has 1 saturated carbocycles. The summed E-state index contributed by atoms with van der Waals surface area (Å²) in [6.07, 6.45) is 11.2. The summed E-state index contributed by atoms with van der Waals surface area (Å²) in [5.74, 6) is 0.685. The Morgan fingerprint density at radius 2 is 2.21 bits per heavy atom. The minimum atomic E-state index is 0.685. The maximum atomic E-state index is 5.42. The third-order valence-electron chi connectivity index (χ3n) is 2.93. The molecule has 1 aliphatic heterocycles. The standard InChI is InChI=1S/C12H21NO/c1(2-8-13-12-6-7-12)4-11-5-3-9-14-10-11/h1,4,11-13H,2-3,5-10H2/b4-1+. The first kappa shape index (κ1) is 10.2. The minimum absolute atomic E-state index is 0.685. The molecule has 80 valence electrons. The Hall–Kier alpha value is -0.340. The zero-order valence-corrected chi connectivity index (χ0v) is 8.87. The topological polar surface area (TPSA) is 21.3 Å². The Balaban J connectivity index is 1.51. The van der Waals surface area contributed by atoms with E-state index in [2.05, 4.69) is 17.5 Å². The van der Waals surface area contributed by atoms with Crippen LogP contribution in [0.15, 0.2) is 12.2 Å². The van der Waals surface area contributed by atoms with Crippen molar-refractivity contribution in [3.05, 3.63) is 12.2 Å². The molecule has 2 fully saturated rings. The molecule has 1 atom stereocenters. The fraction of sp³-hybridized carbons (Fsp3) is 0.833. The quantitative estimate of drug-likeness (QED) is 0.536. The van der Waals surface area contributed by atoms with Gasteiger partial charge in [0.15, 0.2) is 0 Å². The highest BCUT2D eigenvalue weighted by Gasteiger charge is 2.19. The van der Waals surface area contributed by atoms with Crippen molar-refractivity contribution in [2.75, 3.05) is 19.8 Å². The van der Waals surface area contributed by atoms with Crippen LogP contribution in [0.4, 0.5) is 0 Å². The smallest absolute Gasteiger partial charge is 0.0528 e. The second kappa shape index (κ2) is 5.52. The molecule has 2 aliphatic rings. The van der Waals surface area contributed by atoms with Gasteiger partial charge in [-0.2, -0.15) is 0 Å². The van der Waals surface area contributed by atoms with Crippen LogP contribution in [-0.2, 0) is 4.74 Å². The van der Waals surface area contributed by atoms with Crippen LogP contribution >= 0.6 is 0 Å². The predicted molar refractivity (Wildman–Crippen MR) is 58.3 cm³/mol. The summed E-state index contributed by atoms with van der Waals surface area (Å²) in [5, 5.41) is 3.51. The highest BCUT2D eigenvalue weighted by atomic mass is 16.5. The third kappa shape index (κ3) is 3.81. The molecule has 1 saturated heterocycles. The molecule has 0 aromatic carbocycles. The third-order valence-corrected chi connectivity index (χ3v) is 2.93. The fourth-order valence-electron chi connectivity index (χ4n) is 1.86. The van der Waals surface area contributed by atoms with Gasteiger partial charge in [0.25, 0.3) is 0 Å².